The summed E-state index contributed by atoms with van der Waals surface area (Å²) in [6.45, 7) is 7.56. The Hall–Kier alpha value is -2.24. The molecular weight excluding hydrogens is 437 g/mol. The Morgan fingerprint density at radius 1 is 1.00 bits per heavy atom. The molecule has 0 fully saturated rings. The van der Waals surface area contributed by atoms with E-state index in [4.69, 9.17) is 32.7 Å². The van der Waals surface area contributed by atoms with Crippen LogP contribution in [0.4, 0.5) is 4.79 Å². The van der Waals surface area contributed by atoms with Crippen molar-refractivity contribution in [3.8, 4) is 0 Å². The summed E-state index contributed by atoms with van der Waals surface area (Å²) >= 11 is 12.1. The summed E-state index contributed by atoms with van der Waals surface area (Å²) in [7, 11) is 0. The van der Waals surface area contributed by atoms with E-state index in [1.807, 2.05) is 36.4 Å². The second-order valence-electron chi connectivity index (χ2n) is 8.15. The van der Waals surface area contributed by atoms with Gasteiger partial charge in [0.25, 0.3) is 0 Å². The lowest BCUT2D eigenvalue weighted by molar-refractivity contribution is -0.149. The maximum absolute atomic E-state index is 13.1. The summed E-state index contributed by atoms with van der Waals surface area (Å²) in [4.78, 5) is 27.4. The molecule has 1 atom stereocenters. The molecule has 2 aromatic rings. The molecule has 1 amide bonds. The van der Waals surface area contributed by atoms with Gasteiger partial charge in [-0.3, -0.25) is 4.90 Å². The fourth-order valence-corrected chi connectivity index (χ4v) is 3.36. The molecular formula is C24H29Cl2NO4. The second kappa shape index (κ2) is 11.4. The standard InChI is InChI=1S/C24H29Cl2NO4/c1-5-30-22(28)21(14-12-17-11-13-19(25)20(26)15-17)27(23(29)31-24(2,3)4)16-18-9-7-6-8-10-18/h6-11,13,15,21H,5,12,14,16H2,1-4H3. The molecule has 2 aromatic carbocycles. The van der Waals surface area contributed by atoms with Crippen LogP contribution in [-0.2, 0) is 27.2 Å². The quantitative estimate of drug-likeness (QED) is 0.429. The topological polar surface area (TPSA) is 55.8 Å². The van der Waals surface area contributed by atoms with Crippen LogP contribution in [-0.4, -0.2) is 35.2 Å². The Morgan fingerprint density at radius 3 is 2.26 bits per heavy atom. The smallest absolute Gasteiger partial charge is 0.411 e. The number of hydrogen-bond acceptors (Lipinski definition) is 4. The van der Waals surface area contributed by atoms with Crippen LogP contribution in [0.1, 0.15) is 45.2 Å². The molecule has 5 nitrogen and oxygen atoms in total. The predicted octanol–water partition coefficient (Wildman–Crippen LogP) is 6.30. The van der Waals surface area contributed by atoms with Crippen molar-refractivity contribution in [1.82, 2.24) is 4.90 Å². The molecule has 168 valence electrons. The monoisotopic (exact) mass is 465 g/mol. The highest BCUT2D eigenvalue weighted by Gasteiger charge is 2.34. The summed E-state index contributed by atoms with van der Waals surface area (Å²) in [5, 5.41) is 0.909. The van der Waals surface area contributed by atoms with Crippen molar-refractivity contribution in [2.24, 2.45) is 0 Å². The predicted molar refractivity (Wildman–Crippen MR) is 123 cm³/mol. The second-order valence-corrected chi connectivity index (χ2v) is 8.96. The van der Waals surface area contributed by atoms with E-state index >= 15 is 0 Å². The lowest BCUT2D eigenvalue weighted by Crippen LogP contribution is -2.47. The van der Waals surface area contributed by atoms with Crippen LogP contribution in [0, 0.1) is 0 Å². The fraction of sp³-hybridized carbons (Fsp3) is 0.417. The zero-order valence-corrected chi connectivity index (χ0v) is 19.9. The highest BCUT2D eigenvalue weighted by atomic mass is 35.5. The number of rotatable bonds is 8. The molecule has 0 bridgehead atoms. The van der Waals surface area contributed by atoms with Gasteiger partial charge in [0.1, 0.15) is 11.6 Å². The van der Waals surface area contributed by atoms with Crippen LogP contribution in [0.25, 0.3) is 0 Å². The van der Waals surface area contributed by atoms with Gasteiger partial charge in [0.2, 0.25) is 0 Å². The van der Waals surface area contributed by atoms with E-state index in [0.717, 1.165) is 11.1 Å². The zero-order chi connectivity index (χ0) is 23.0. The molecule has 0 aliphatic heterocycles. The molecule has 0 saturated carbocycles. The van der Waals surface area contributed by atoms with Crippen molar-refractivity contribution in [3.63, 3.8) is 0 Å². The number of carbonyl (C=O) groups is 2. The van der Waals surface area contributed by atoms with Gasteiger partial charge < -0.3 is 9.47 Å². The highest BCUT2D eigenvalue weighted by Crippen LogP contribution is 2.25. The molecule has 0 N–H and O–H groups in total. The minimum Gasteiger partial charge on any atom is -0.464 e. The van der Waals surface area contributed by atoms with Gasteiger partial charge >= 0.3 is 12.1 Å². The van der Waals surface area contributed by atoms with Gasteiger partial charge in [-0.2, -0.15) is 0 Å². The van der Waals surface area contributed by atoms with Crippen LogP contribution in [0.3, 0.4) is 0 Å². The number of hydrogen-bond donors (Lipinski definition) is 0. The Kier molecular flexibility index (Phi) is 9.20. The number of esters is 1. The maximum Gasteiger partial charge on any atom is 0.411 e. The van der Waals surface area contributed by atoms with Gasteiger partial charge in [-0.25, -0.2) is 9.59 Å². The van der Waals surface area contributed by atoms with E-state index in [9.17, 15) is 9.59 Å². The van der Waals surface area contributed by atoms with E-state index in [1.54, 1.807) is 39.8 Å². The largest absolute Gasteiger partial charge is 0.464 e. The van der Waals surface area contributed by atoms with Crippen LogP contribution in [0.15, 0.2) is 48.5 Å². The third kappa shape index (κ3) is 8.08. The highest BCUT2D eigenvalue weighted by molar-refractivity contribution is 6.42. The average Bonchev–Trinajstić information content (AvgIpc) is 2.69. The van der Waals surface area contributed by atoms with E-state index in [0.29, 0.717) is 22.9 Å². The van der Waals surface area contributed by atoms with E-state index < -0.39 is 23.7 Å². The van der Waals surface area contributed by atoms with Crippen molar-refractivity contribution < 1.29 is 19.1 Å². The molecule has 2 rings (SSSR count). The van der Waals surface area contributed by atoms with E-state index in [1.165, 1.54) is 4.90 Å². The third-order valence-electron chi connectivity index (χ3n) is 4.45. The lowest BCUT2D eigenvalue weighted by atomic mass is 10.0. The molecule has 0 spiro atoms. The van der Waals surface area contributed by atoms with Gasteiger partial charge in [-0.15, -0.1) is 0 Å². The van der Waals surface area contributed by atoms with Gasteiger partial charge in [0, 0.05) is 6.54 Å². The molecule has 0 radical (unpaired) electrons. The molecule has 0 saturated heterocycles. The van der Waals surface area contributed by atoms with Crippen molar-refractivity contribution in [1.29, 1.82) is 0 Å². The van der Waals surface area contributed by atoms with Crippen LogP contribution in [0.5, 0.6) is 0 Å². The third-order valence-corrected chi connectivity index (χ3v) is 5.19. The van der Waals surface area contributed by atoms with E-state index in [2.05, 4.69) is 0 Å². The number of ether oxygens (including phenoxy) is 2. The number of amides is 1. The first kappa shape index (κ1) is 25.0. The van der Waals surface area contributed by atoms with Gasteiger partial charge in [0.15, 0.2) is 0 Å². The first-order valence-electron chi connectivity index (χ1n) is 10.2. The van der Waals surface area contributed by atoms with Crippen molar-refractivity contribution >= 4 is 35.3 Å². The first-order valence-corrected chi connectivity index (χ1v) is 11.0. The van der Waals surface area contributed by atoms with Crippen LogP contribution >= 0.6 is 23.2 Å². The maximum atomic E-state index is 13.1. The average molecular weight is 466 g/mol. The van der Waals surface area contributed by atoms with Crippen LogP contribution in [0.2, 0.25) is 10.0 Å². The lowest BCUT2D eigenvalue weighted by Gasteiger charge is -2.32. The normalized spacial score (nSPS) is 12.2. The molecule has 0 aliphatic rings. The molecule has 0 aromatic heterocycles. The first-order chi connectivity index (χ1) is 14.6. The zero-order valence-electron chi connectivity index (χ0n) is 18.4. The number of halogens is 2. The molecule has 31 heavy (non-hydrogen) atoms. The summed E-state index contributed by atoms with van der Waals surface area (Å²) in [6.07, 6.45) is 0.292. The Labute approximate surface area is 194 Å². The molecule has 0 aliphatic carbocycles. The summed E-state index contributed by atoms with van der Waals surface area (Å²) in [6, 6.07) is 14.0. The van der Waals surface area contributed by atoms with E-state index in [-0.39, 0.29) is 13.2 Å². The Bertz CT molecular complexity index is 881. The fourth-order valence-electron chi connectivity index (χ4n) is 3.04. The molecule has 0 heterocycles. The number of nitrogens with zero attached hydrogens (tertiary/aromatic N) is 1. The van der Waals surface area contributed by atoms with Crippen molar-refractivity contribution in [2.45, 2.75) is 58.7 Å². The summed E-state index contributed by atoms with van der Waals surface area (Å²) < 4.78 is 10.9. The van der Waals surface area contributed by atoms with Gasteiger partial charge in [0.05, 0.1) is 16.7 Å². The summed E-state index contributed by atoms with van der Waals surface area (Å²) in [5.74, 6) is -0.468. The SMILES string of the molecule is CCOC(=O)C(CCc1ccc(Cl)c(Cl)c1)N(Cc1ccccc1)C(=O)OC(C)(C)C. The Balaban J connectivity index is 2.32. The Morgan fingerprint density at radius 2 is 1.68 bits per heavy atom. The number of aryl methyl sites for hydroxylation is 1. The van der Waals surface area contributed by atoms with Gasteiger partial charge in [-0.05, 0) is 63.8 Å². The van der Waals surface area contributed by atoms with Crippen molar-refractivity contribution in [3.05, 3.63) is 69.7 Å². The number of benzene rings is 2. The molecule has 1 unspecified atom stereocenters. The summed E-state index contributed by atoms with van der Waals surface area (Å²) in [5.41, 5.74) is 1.10. The van der Waals surface area contributed by atoms with Crippen molar-refractivity contribution in [2.75, 3.05) is 6.61 Å². The molecule has 7 heteroatoms. The number of carbonyl (C=O) groups excluding carboxylic acids is 2. The van der Waals surface area contributed by atoms with Gasteiger partial charge in [-0.1, -0.05) is 59.6 Å². The minimum atomic E-state index is -0.815. The van der Waals surface area contributed by atoms with Crippen LogP contribution < -0.4 is 0 Å². The minimum absolute atomic E-state index is 0.218.